The van der Waals surface area contributed by atoms with E-state index in [9.17, 15) is 13.9 Å². The Morgan fingerprint density at radius 2 is 2.00 bits per heavy atom. The molecule has 1 atom stereocenters. The predicted octanol–water partition coefficient (Wildman–Crippen LogP) is 4.05. The monoisotopic (exact) mass is 302 g/mol. The van der Waals surface area contributed by atoms with Crippen molar-refractivity contribution >= 4 is 21.5 Å². The van der Waals surface area contributed by atoms with Crippen molar-refractivity contribution in [1.82, 2.24) is 0 Å². The van der Waals surface area contributed by atoms with Gasteiger partial charge in [0.15, 0.2) is 0 Å². The Bertz CT molecular complexity index is 457. The first-order chi connectivity index (χ1) is 8.09. The normalized spacial score (nSPS) is 20.9. The molecule has 2 rings (SSSR count). The van der Waals surface area contributed by atoms with Crippen LogP contribution in [-0.4, -0.2) is 11.2 Å². The molecule has 0 heterocycles. The Morgan fingerprint density at radius 1 is 1.24 bits per heavy atom. The summed E-state index contributed by atoms with van der Waals surface area (Å²) in [6.45, 7) is 0. The maximum atomic E-state index is 13.9. The minimum Gasteiger partial charge on any atom is -0.389 e. The molecule has 0 saturated carbocycles. The summed E-state index contributed by atoms with van der Waals surface area (Å²) in [5.74, 6) is -1.17. The first-order valence-corrected chi connectivity index (χ1v) is 6.41. The summed E-state index contributed by atoms with van der Waals surface area (Å²) in [5, 5.41) is 9.64. The van der Waals surface area contributed by atoms with Gasteiger partial charge in [-0.1, -0.05) is 12.5 Å². The smallest absolute Gasteiger partial charge is 0.147 e. The third-order valence-corrected chi connectivity index (χ3v) is 3.57. The highest BCUT2D eigenvalue weighted by Crippen LogP contribution is 2.32. The SMILES string of the molecule is OC1C=C(c2c(F)ccc(Br)c2F)CCCC1. The minimum absolute atomic E-state index is 0.0136. The summed E-state index contributed by atoms with van der Waals surface area (Å²) in [7, 11) is 0. The number of aliphatic hydroxyl groups is 1. The van der Waals surface area contributed by atoms with Crippen molar-refractivity contribution in [2.75, 3.05) is 0 Å². The average Bonchev–Trinajstić information content (AvgIpc) is 2.49. The molecular formula is C13H13BrF2O. The number of benzene rings is 1. The highest BCUT2D eigenvalue weighted by atomic mass is 79.9. The molecule has 1 aromatic rings. The van der Waals surface area contributed by atoms with Crippen molar-refractivity contribution in [2.24, 2.45) is 0 Å². The van der Waals surface area contributed by atoms with Crippen molar-refractivity contribution in [2.45, 2.75) is 31.8 Å². The van der Waals surface area contributed by atoms with Crippen LogP contribution in [-0.2, 0) is 0 Å². The summed E-state index contributed by atoms with van der Waals surface area (Å²) < 4.78 is 27.8. The van der Waals surface area contributed by atoms with Crippen LogP contribution in [0.2, 0.25) is 0 Å². The van der Waals surface area contributed by atoms with Crippen molar-refractivity contribution in [1.29, 1.82) is 0 Å². The molecule has 1 nitrogen and oxygen atoms in total. The molecule has 0 saturated heterocycles. The lowest BCUT2D eigenvalue weighted by molar-refractivity contribution is 0.211. The van der Waals surface area contributed by atoms with E-state index in [-0.39, 0.29) is 10.0 Å². The van der Waals surface area contributed by atoms with Gasteiger partial charge in [-0.3, -0.25) is 0 Å². The van der Waals surface area contributed by atoms with Gasteiger partial charge in [0.25, 0.3) is 0 Å². The van der Waals surface area contributed by atoms with E-state index in [1.807, 2.05) is 0 Å². The number of rotatable bonds is 1. The summed E-state index contributed by atoms with van der Waals surface area (Å²) >= 11 is 3.05. The van der Waals surface area contributed by atoms with E-state index in [0.29, 0.717) is 18.4 Å². The van der Waals surface area contributed by atoms with Crippen molar-refractivity contribution < 1.29 is 13.9 Å². The van der Waals surface area contributed by atoms with E-state index in [1.54, 1.807) is 6.08 Å². The quantitative estimate of drug-likeness (QED) is 0.776. The zero-order valence-electron chi connectivity index (χ0n) is 9.22. The molecule has 0 aromatic heterocycles. The third kappa shape index (κ3) is 2.75. The van der Waals surface area contributed by atoms with Gasteiger partial charge in [-0.05, 0) is 52.9 Å². The lowest BCUT2D eigenvalue weighted by Gasteiger charge is -2.10. The first-order valence-electron chi connectivity index (χ1n) is 5.62. The fraction of sp³-hybridized carbons (Fsp3) is 0.385. The fourth-order valence-electron chi connectivity index (χ4n) is 2.10. The van der Waals surface area contributed by atoms with Gasteiger partial charge in [0.1, 0.15) is 11.6 Å². The topological polar surface area (TPSA) is 20.2 Å². The van der Waals surface area contributed by atoms with Gasteiger partial charge in [0.05, 0.1) is 16.1 Å². The molecule has 1 unspecified atom stereocenters. The van der Waals surface area contributed by atoms with Crippen molar-refractivity contribution in [3.8, 4) is 0 Å². The molecule has 0 amide bonds. The lowest BCUT2D eigenvalue weighted by atomic mass is 10.00. The van der Waals surface area contributed by atoms with E-state index in [4.69, 9.17) is 0 Å². The minimum atomic E-state index is -0.606. The Kier molecular flexibility index (Phi) is 3.94. The predicted molar refractivity (Wildman–Crippen MR) is 66.5 cm³/mol. The summed E-state index contributed by atoms with van der Waals surface area (Å²) in [4.78, 5) is 0. The van der Waals surface area contributed by atoms with Gasteiger partial charge in [0, 0.05) is 0 Å². The fourth-order valence-corrected chi connectivity index (χ4v) is 2.43. The Hall–Kier alpha value is -0.740. The van der Waals surface area contributed by atoms with E-state index in [0.717, 1.165) is 12.8 Å². The molecule has 1 aliphatic rings. The van der Waals surface area contributed by atoms with Crippen LogP contribution in [0.15, 0.2) is 22.7 Å². The molecule has 0 radical (unpaired) electrons. The second kappa shape index (κ2) is 5.27. The van der Waals surface area contributed by atoms with Gasteiger partial charge < -0.3 is 5.11 Å². The Balaban J connectivity index is 2.48. The lowest BCUT2D eigenvalue weighted by Crippen LogP contribution is -2.02. The van der Waals surface area contributed by atoms with Crippen LogP contribution < -0.4 is 0 Å². The zero-order valence-corrected chi connectivity index (χ0v) is 10.8. The van der Waals surface area contributed by atoms with Crippen molar-refractivity contribution in [3.63, 3.8) is 0 Å². The van der Waals surface area contributed by atoms with Crippen LogP contribution in [0.4, 0.5) is 8.78 Å². The molecule has 17 heavy (non-hydrogen) atoms. The second-order valence-electron chi connectivity index (χ2n) is 4.22. The summed E-state index contributed by atoms with van der Waals surface area (Å²) in [5.41, 5.74) is 0.548. The zero-order chi connectivity index (χ0) is 12.4. The summed E-state index contributed by atoms with van der Waals surface area (Å²) in [6.07, 6.45) is 3.93. The average molecular weight is 303 g/mol. The van der Waals surface area contributed by atoms with E-state index < -0.39 is 17.7 Å². The molecule has 0 aliphatic heterocycles. The van der Waals surface area contributed by atoms with E-state index in [1.165, 1.54) is 12.1 Å². The number of hydrogen-bond acceptors (Lipinski definition) is 1. The van der Waals surface area contributed by atoms with Gasteiger partial charge in [-0.15, -0.1) is 0 Å². The molecule has 92 valence electrons. The molecule has 0 bridgehead atoms. The van der Waals surface area contributed by atoms with Crippen LogP contribution in [0.1, 0.15) is 31.2 Å². The largest absolute Gasteiger partial charge is 0.389 e. The van der Waals surface area contributed by atoms with Gasteiger partial charge in [0.2, 0.25) is 0 Å². The van der Waals surface area contributed by atoms with Crippen molar-refractivity contribution in [3.05, 3.63) is 39.9 Å². The van der Waals surface area contributed by atoms with Crippen LogP contribution in [0, 0.1) is 11.6 Å². The molecular weight excluding hydrogens is 290 g/mol. The number of aliphatic hydroxyl groups excluding tert-OH is 1. The Labute approximate surface area is 107 Å². The van der Waals surface area contributed by atoms with Crippen LogP contribution in [0.25, 0.3) is 5.57 Å². The molecule has 1 aliphatic carbocycles. The highest BCUT2D eigenvalue weighted by molar-refractivity contribution is 9.10. The molecule has 1 aromatic carbocycles. The molecule has 0 spiro atoms. The van der Waals surface area contributed by atoms with Crippen LogP contribution in [0.3, 0.4) is 0 Å². The molecule has 0 fully saturated rings. The maximum Gasteiger partial charge on any atom is 0.147 e. The third-order valence-electron chi connectivity index (χ3n) is 2.95. The van der Waals surface area contributed by atoms with Gasteiger partial charge >= 0.3 is 0 Å². The second-order valence-corrected chi connectivity index (χ2v) is 5.08. The number of allylic oxidation sites excluding steroid dienone is 1. The Morgan fingerprint density at radius 3 is 2.76 bits per heavy atom. The number of halogens is 3. The van der Waals surface area contributed by atoms with E-state index in [2.05, 4.69) is 15.9 Å². The van der Waals surface area contributed by atoms with Crippen LogP contribution >= 0.6 is 15.9 Å². The maximum absolute atomic E-state index is 13.9. The molecule has 1 N–H and O–H groups in total. The van der Waals surface area contributed by atoms with Gasteiger partial charge in [-0.25, -0.2) is 8.78 Å². The van der Waals surface area contributed by atoms with Gasteiger partial charge in [-0.2, -0.15) is 0 Å². The number of hydrogen-bond donors (Lipinski definition) is 1. The summed E-state index contributed by atoms with van der Waals surface area (Å²) in [6, 6.07) is 2.59. The van der Waals surface area contributed by atoms with E-state index >= 15 is 0 Å². The molecule has 4 heteroatoms. The standard InChI is InChI=1S/C13H13BrF2O/c14-10-5-6-11(15)12(13(10)16)8-3-1-2-4-9(17)7-8/h5-7,9,17H,1-4H2. The first kappa shape index (κ1) is 12.7. The van der Waals surface area contributed by atoms with Crippen LogP contribution in [0.5, 0.6) is 0 Å². The highest BCUT2D eigenvalue weighted by Gasteiger charge is 2.19.